The van der Waals surface area contributed by atoms with Crippen LogP contribution in [0.5, 0.6) is 0 Å². The van der Waals surface area contributed by atoms with Gasteiger partial charge in [-0.05, 0) is 37.3 Å². The Hall–Kier alpha value is -2.04. The molecule has 144 valence electrons. The highest BCUT2D eigenvalue weighted by molar-refractivity contribution is 5.81. The summed E-state index contributed by atoms with van der Waals surface area (Å²) in [4.78, 5) is 18.8. The summed E-state index contributed by atoms with van der Waals surface area (Å²) < 4.78 is 0. The number of hydrogen-bond donors (Lipinski definition) is 2. The lowest BCUT2D eigenvalue weighted by atomic mass is 10.1. The molecular formula is C21H34N4O. The van der Waals surface area contributed by atoms with Gasteiger partial charge in [0.2, 0.25) is 5.91 Å². The van der Waals surface area contributed by atoms with Gasteiger partial charge in [0.05, 0.1) is 0 Å². The zero-order chi connectivity index (χ0) is 18.9. The van der Waals surface area contributed by atoms with Gasteiger partial charge in [0.1, 0.15) is 0 Å². The van der Waals surface area contributed by atoms with E-state index in [1.165, 1.54) is 11.1 Å². The highest BCUT2D eigenvalue weighted by atomic mass is 16.2. The third kappa shape index (κ3) is 6.04. The Morgan fingerprint density at radius 2 is 1.92 bits per heavy atom. The van der Waals surface area contributed by atoms with Crippen LogP contribution >= 0.6 is 0 Å². The van der Waals surface area contributed by atoms with E-state index >= 15 is 0 Å². The Kier molecular flexibility index (Phi) is 7.95. The molecule has 1 fully saturated rings. The van der Waals surface area contributed by atoms with Crippen molar-refractivity contribution in [2.75, 3.05) is 26.2 Å². The van der Waals surface area contributed by atoms with Crippen molar-refractivity contribution in [3.8, 4) is 0 Å². The van der Waals surface area contributed by atoms with Gasteiger partial charge in [-0.25, -0.2) is 0 Å². The van der Waals surface area contributed by atoms with E-state index in [-0.39, 0.29) is 17.9 Å². The van der Waals surface area contributed by atoms with Crippen LogP contribution < -0.4 is 10.6 Å². The molecule has 1 atom stereocenters. The summed E-state index contributed by atoms with van der Waals surface area (Å²) in [5.41, 5.74) is 2.69. The number of likely N-dealkylation sites (tertiary alicyclic amines) is 1. The first-order valence-electron chi connectivity index (χ1n) is 9.94. The zero-order valence-corrected chi connectivity index (χ0v) is 16.7. The third-order valence-corrected chi connectivity index (χ3v) is 4.78. The maximum Gasteiger partial charge on any atom is 0.225 e. The predicted octanol–water partition coefficient (Wildman–Crippen LogP) is 2.60. The van der Waals surface area contributed by atoms with Gasteiger partial charge >= 0.3 is 0 Å². The normalized spacial score (nSPS) is 17.7. The van der Waals surface area contributed by atoms with Crippen molar-refractivity contribution in [1.29, 1.82) is 0 Å². The SMILES string of the molecule is CCNC(=NCCc1ccc(CC)cc1)NC1CCN(C(=O)C(C)C)C1. The van der Waals surface area contributed by atoms with Crippen molar-refractivity contribution >= 4 is 11.9 Å². The monoisotopic (exact) mass is 358 g/mol. The second kappa shape index (κ2) is 10.2. The van der Waals surface area contributed by atoms with Crippen molar-refractivity contribution in [1.82, 2.24) is 15.5 Å². The fourth-order valence-electron chi connectivity index (χ4n) is 3.20. The molecule has 2 rings (SSSR count). The topological polar surface area (TPSA) is 56.7 Å². The lowest BCUT2D eigenvalue weighted by molar-refractivity contribution is -0.133. The fraction of sp³-hybridized carbons (Fsp3) is 0.619. The second-order valence-electron chi connectivity index (χ2n) is 7.25. The maximum absolute atomic E-state index is 12.1. The highest BCUT2D eigenvalue weighted by Gasteiger charge is 2.27. The van der Waals surface area contributed by atoms with E-state index in [1.807, 2.05) is 18.7 Å². The van der Waals surface area contributed by atoms with Crippen LogP contribution in [0.3, 0.4) is 0 Å². The lowest BCUT2D eigenvalue weighted by Gasteiger charge is -2.20. The lowest BCUT2D eigenvalue weighted by Crippen LogP contribution is -2.45. The van der Waals surface area contributed by atoms with E-state index in [1.54, 1.807) is 0 Å². The Labute approximate surface area is 158 Å². The van der Waals surface area contributed by atoms with Crippen LogP contribution in [0.1, 0.15) is 45.2 Å². The minimum absolute atomic E-state index is 0.0646. The first-order chi connectivity index (χ1) is 12.5. The van der Waals surface area contributed by atoms with E-state index < -0.39 is 0 Å². The molecular weight excluding hydrogens is 324 g/mol. The second-order valence-corrected chi connectivity index (χ2v) is 7.25. The minimum atomic E-state index is 0.0646. The molecule has 1 unspecified atom stereocenters. The molecule has 0 saturated carbocycles. The van der Waals surface area contributed by atoms with Crippen LogP contribution in [0.25, 0.3) is 0 Å². The molecule has 0 radical (unpaired) electrons. The van der Waals surface area contributed by atoms with Crippen LogP contribution in [0.15, 0.2) is 29.3 Å². The van der Waals surface area contributed by atoms with E-state index in [4.69, 9.17) is 4.99 Å². The maximum atomic E-state index is 12.1. The largest absolute Gasteiger partial charge is 0.357 e. The number of rotatable bonds is 7. The molecule has 1 heterocycles. The number of hydrogen-bond acceptors (Lipinski definition) is 2. The summed E-state index contributed by atoms with van der Waals surface area (Å²) >= 11 is 0. The quantitative estimate of drug-likeness (QED) is 0.582. The molecule has 1 saturated heterocycles. The molecule has 2 N–H and O–H groups in total. The molecule has 0 aromatic heterocycles. The summed E-state index contributed by atoms with van der Waals surface area (Å²) in [6, 6.07) is 9.06. The number of aryl methyl sites for hydroxylation is 1. The Morgan fingerprint density at radius 1 is 1.23 bits per heavy atom. The number of nitrogens with one attached hydrogen (secondary N) is 2. The van der Waals surface area contributed by atoms with Crippen molar-refractivity contribution in [2.45, 2.75) is 53.0 Å². The first kappa shape index (κ1) is 20.3. The number of guanidine groups is 1. The molecule has 1 aliphatic rings. The molecule has 0 aliphatic carbocycles. The summed E-state index contributed by atoms with van der Waals surface area (Å²) in [6.45, 7) is 11.3. The molecule has 5 heteroatoms. The van der Waals surface area contributed by atoms with Crippen molar-refractivity contribution < 1.29 is 4.79 Å². The molecule has 5 nitrogen and oxygen atoms in total. The van der Waals surface area contributed by atoms with Crippen LogP contribution in [0.2, 0.25) is 0 Å². The highest BCUT2D eigenvalue weighted by Crippen LogP contribution is 2.12. The van der Waals surface area contributed by atoms with E-state index in [0.29, 0.717) is 0 Å². The van der Waals surface area contributed by atoms with Crippen LogP contribution in [0.4, 0.5) is 0 Å². The summed E-state index contributed by atoms with van der Waals surface area (Å²) in [6.07, 6.45) is 2.98. The number of aliphatic imine (C=N–C) groups is 1. The molecule has 0 bridgehead atoms. The third-order valence-electron chi connectivity index (χ3n) is 4.78. The van der Waals surface area contributed by atoms with Gasteiger partial charge in [0.15, 0.2) is 5.96 Å². The number of nitrogens with zero attached hydrogens (tertiary/aromatic N) is 2. The van der Waals surface area contributed by atoms with Crippen LogP contribution in [-0.4, -0.2) is 49.0 Å². The number of carbonyl (C=O) groups is 1. The molecule has 1 aromatic rings. The summed E-state index contributed by atoms with van der Waals surface area (Å²) in [7, 11) is 0. The van der Waals surface area contributed by atoms with Crippen molar-refractivity contribution in [3.05, 3.63) is 35.4 Å². The summed E-state index contributed by atoms with van der Waals surface area (Å²) in [5.74, 6) is 1.16. The average Bonchev–Trinajstić information content (AvgIpc) is 3.10. The Bertz CT molecular complexity index is 595. The van der Waals surface area contributed by atoms with Crippen molar-refractivity contribution in [3.63, 3.8) is 0 Å². The van der Waals surface area contributed by atoms with Crippen molar-refractivity contribution in [2.24, 2.45) is 10.9 Å². The molecule has 26 heavy (non-hydrogen) atoms. The average molecular weight is 359 g/mol. The molecule has 1 aliphatic heterocycles. The van der Waals surface area contributed by atoms with Gasteiger partial charge in [0.25, 0.3) is 0 Å². The van der Waals surface area contributed by atoms with Gasteiger partial charge in [-0.15, -0.1) is 0 Å². The Morgan fingerprint density at radius 3 is 2.54 bits per heavy atom. The number of carbonyl (C=O) groups excluding carboxylic acids is 1. The standard InChI is InChI=1S/C21H34N4O/c1-5-17-7-9-18(10-8-17)11-13-23-21(22-6-2)24-19-12-14-25(15-19)20(26)16(3)4/h7-10,16,19H,5-6,11-15H2,1-4H3,(H2,22,23,24). The number of amides is 1. The fourth-order valence-corrected chi connectivity index (χ4v) is 3.20. The molecule has 1 aromatic carbocycles. The first-order valence-corrected chi connectivity index (χ1v) is 9.94. The van der Waals surface area contributed by atoms with E-state index in [2.05, 4.69) is 48.7 Å². The number of benzene rings is 1. The molecule has 1 amide bonds. The van der Waals surface area contributed by atoms with Crippen LogP contribution in [-0.2, 0) is 17.6 Å². The Balaban J connectivity index is 1.85. The zero-order valence-electron chi connectivity index (χ0n) is 16.7. The van der Waals surface area contributed by atoms with Gasteiger partial charge in [-0.1, -0.05) is 45.0 Å². The van der Waals surface area contributed by atoms with E-state index in [9.17, 15) is 4.79 Å². The van der Waals surface area contributed by atoms with Gasteiger partial charge < -0.3 is 15.5 Å². The molecule has 0 spiro atoms. The van der Waals surface area contributed by atoms with Gasteiger partial charge in [-0.2, -0.15) is 0 Å². The van der Waals surface area contributed by atoms with Crippen LogP contribution in [0, 0.1) is 5.92 Å². The minimum Gasteiger partial charge on any atom is -0.357 e. The van der Waals surface area contributed by atoms with Gasteiger partial charge in [-0.3, -0.25) is 9.79 Å². The summed E-state index contributed by atoms with van der Waals surface area (Å²) in [5, 5.41) is 6.81. The predicted molar refractivity (Wildman–Crippen MR) is 108 cm³/mol. The smallest absolute Gasteiger partial charge is 0.225 e. The van der Waals surface area contributed by atoms with Gasteiger partial charge in [0, 0.05) is 38.1 Å². The van der Waals surface area contributed by atoms with E-state index in [0.717, 1.165) is 51.4 Å².